The molecule has 0 aromatic heterocycles. The van der Waals surface area contributed by atoms with Gasteiger partial charge in [0.2, 0.25) is 9.04 Å². The molecule has 0 atom stereocenters. The first-order valence-electron chi connectivity index (χ1n) is 5.68. The Morgan fingerprint density at radius 3 is 2.40 bits per heavy atom. The normalized spacial score (nSPS) is 10.7. The van der Waals surface area contributed by atoms with Crippen LogP contribution in [-0.4, -0.2) is 9.04 Å². The van der Waals surface area contributed by atoms with Crippen LogP contribution in [0.5, 0.6) is 0 Å². The van der Waals surface area contributed by atoms with Gasteiger partial charge in [-0.15, -0.1) is 5.48 Å². The summed E-state index contributed by atoms with van der Waals surface area (Å²) in [6.45, 7) is 6.43. The Bertz CT molecular complexity index is 271. The molecular formula is C12H20NOSi. The molecule has 1 aromatic carbocycles. The summed E-state index contributed by atoms with van der Waals surface area (Å²) < 4.78 is 5.31. The first-order chi connectivity index (χ1) is 7.22. The van der Waals surface area contributed by atoms with Gasteiger partial charge in [0.1, 0.15) is 0 Å². The van der Waals surface area contributed by atoms with E-state index in [1.54, 1.807) is 0 Å². The van der Waals surface area contributed by atoms with Crippen molar-refractivity contribution in [2.24, 2.45) is 0 Å². The number of hydrogen-bond donors (Lipinski definition) is 0. The lowest BCUT2D eigenvalue weighted by atomic mass is 10.1. The van der Waals surface area contributed by atoms with Crippen LogP contribution in [0.3, 0.4) is 0 Å². The van der Waals surface area contributed by atoms with E-state index >= 15 is 0 Å². The van der Waals surface area contributed by atoms with E-state index in [1.165, 1.54) is 18.4 Å². The second-order valence-electron chi connectivity index (χ2n) is 4.02. The van der Waals surface area contributed by atoms with Gasteiger partial charge in [0.05, 0.1) is 5.69 Å². The molecule has 0 amide bonds. The van der Waals surface area contributed by atoms with Crippen LogP contribution in [0.4, 0.5) is 5.69 Å². The Balaban J connectivity index is 2.41. The predicted octanol–water partition coefficient (Wildman–Crippen LogP) is 3.18. The van der Waals surface area contributed by atoms with Gasteiger partial charge in [0.25, 0.3) is 0 Å². The summed E-state index contributed by atoms with van der Waals surface area (Å²) >= 11 is 0. The first kappa shape index (κ1) is 12.3. The third kappa shape index (κ3) is 5.00. The highest BCUT2D eigenvalue weighted by Crippen LogP contribution is 2.12. The Kier molecular flexibility index (Phi) is 5.43. The van der Waals surface area contributed by atoms with Gasteiger partial charge in [0, 0.05) is 0 Å². The van der Waals surface area contributed by atoms with Crippen molar-refractivity contribution in [3.63, 3.8) is 0 Å². The standard InChI is InChI=1S/C12H20NOSi/c1-4-5-6-11-7-9-12(10-8-11)13-14-15(2)3/h7-10,15H,4-6H2,1-3H3. The molecule has 0 bridgehead atoms. The molecule has 83 valence electrons. The Morgan fingerprint density at radius 2 is 1.87 bits per heavy atom. The monoisotopic (exact) mass is 222 g/mol. The molecule has 0 heterocycles. The number of hydrogen-bond acceptors (Lipinski definition) is 1. The van der Waals surface area contributed by atoms with Crippen molar-refractivity contribution in [2.45, 2.75) is 39.3 Å². The molecule has 15 heavy (non-hydrogen) atoms. The molecule has 0 spiro atoms. The van der Waals surface area contributed by atoms with Crippen LogP contribution in [0.25, 0.3) is 0 Å². The van der Waals surface area contributed by atoms with Crippen LogP contribution in [0.15, 0.2) is 24.3 Å². The molecule has 1 radical (unpaired) electrons. The average molecular weight is 222 g/mol. The molecule has 0 saturated carbocycles. The zero-order valence-electron chi connectivity index (χ0n) is 9.86. The largest absolute Gasteiger partial charge is 0.304 e. The van der Waals surface area contributed by atoms with Crippen LogP contribution in [0.1, 0.15) is 25.3 Å². The lowest BCUT2D eigenvalue weighted by molar-refractivity contribution is 0.244. The maximum Gasteiger partial charge on any atom is 0.211 e. The van der Waals surface area contributed by atoms with E-state index in [9.17, 15) is 0 Å². The second kappa shape index (κ2) is 6.64. The highest BCUT2D eigenvalue weighted by Gasteiger charge is 1.99. The lowest BCUT2D eigenvalue weighted by Crippen LogP contribution is -2.12. The van der Waals surface area contributed by atoms with Crippen LogP contribution in [-0.2, 0) is 10.9 Å². The topological polar surface area (TPSA) is 23.3 Å². The van der Waals surface area contributed by atoms with Crippen LogP contribution < -0.4 is 5.48 Å². The molecule has 0 aliphatic rings. The highest BCUT2D eigenvalue weighted by molar-refractivity contribution is 6.48. The van der Waals surface area contributed by atoms with E-state index in [2.05, 4.69) is 37.6 Å². The minimum absolute atomic E-state index is 0.927. The van der Waals surface area contributed by atoms with Gasteiger partial charge in [0.15, 0.2) is 0 Å². The molecular weight excluding hydrogens is 202 g/mol. The van der Waals surface area contributed by atoms with Crippen LogP contribution in [0.2, 0.25) is 13.1 Å². The van der Waals surface area contributed by atoms with E-state index in [4.69, 9.17) is 4.53 Å². The molecule has 3 heteroatoms. The maximum absolute atomic E-state index is 5.31. The first-order valence-corrected chi connectivity index (χ1v) is 8.46. The summed E-state index contributed by atoms with van der Waals surface area (Å²) in [6.07, 6.45) is 3.66. The zero-order chi connectivity index (χ0) is 11.1. The van der Waals surface area contributed by atoms with E-state index in [-0.39, 0.29) is 0 Å². The van der Waals surface area contributed by atoms with E-state index in [0.29, 0.717) is 0 Å². The summed E-state index contributed by atoms with van der Waals surface area (Å²) in [7, 11) is -1.04. The smallest absolute Gasteiger partial charge is 0.211 e. The molecule has 2 nitrogen and oxygen atoms in total. The molecule has 1 rings (SSSR count). The fourth-order valence-corrected chi connectivity index (χ4v) is 1.60. The molecule has 0 aliphatic carbocycles. The van der Waals surface area contributed by atoms with Crippen molar-refractivity contribution in [1.29, 1.82) is 0 Å². The van der Waals surface area contributed by atoms with Crippen molar-refractivity contribution in [3.8, 4) is 0 Å². The van der Waals surface area contributed by atoms with Crippen LogP contribution in [0, 0.1) is 0 Å². The van der Waals surface area contributed by atoms with Crippen molar-refractivity contribution in [3.05, 3.63) is 29.8 Å². The van der Waals surface area contributed by atoms with Crippen molar-refractivity contribution >= 4 is 14.7 Å². The number of unbranched alkanes of at least 4 members (excludes halogenated alkanes) is 1. The maximum atomic E-state index is 5.31. The Labute approximate surface area is 94.3 Å². The van der Waals surface area contributed by atoms with Crippen LogP contribution >= 0.6 is 0 Å². The second-order valence-corrected chi connectivity index (χ2v) is 6.32. The fourth-order valence-electron chi connectivity index (χ4n) is 1.27. The molecule has 0 saturated heterocycles. The lowest BCUT2D eigenvalue weighted by Gasteiger charge is -2.06. The summed E-state index contributed by atoms with van der Waals surface area (Å²) in [4.78, 5) is 0. The molecule has 0 unspecified atom stereocenters. The van der Waals surface area contributed by atoms with Crippen molar-refractivity contribution in [1.82, 2.24) is 5.48 Å². The quantitative estimate of drug-likeness (QED) is 0.535. The Hall–Kier alpha value is -0.803. The third-order valence-electron chi connectivity index (χ3n) is 2.12. The third-order valence-corrected chi connectivity index (χ3v) is 2.65. The summed E-state index contributed by atoms with van der Waals surface area (Å²) in [5, 5.41) is 0. The summed E-state index contributed by atoms with van der Waals surface area (Å²) in [6, 6.07) is 8.34. The minimum atomic E-state index is -1.04. The van der Waals surface area contributed by atoms with Crippen molar-refractivity contribution in [2.75, 3.05) is 0 Å². The number of benzene rings is 1. The molecule has 1 aromatic rings. The van der Waals surface area contributed by atoms with E-state index in [0.717, 1.165) is 12.1 Å². The number of rotatable bonds is 6. The summed E-state index contributed by atoms with van der Waals surface area (Å²) in [5.74, 6) is 0. The highest BCUT2D eigenvalue weighted by atomic mass is 28.3. The zero-order valence-corrected chi connectivity index (χ0v) is 11.0. The fraction of sp³-hybridized carbons (Fsp3) is 0.500. The van der Waals surface area contributed by atoms with Gasteiger partial charge < -0.3 is 4.53 Å². The Morgan fingerprint density at radius 1 is 1.20 bits per heavy atom. The van der Waals surface area contributed by atoms with E-state index < -0.39 is 9.04 Å². The van der Waals surface area contributed by atoms with Gasteiger partial charge in [-0.25, -0.2) is 0 Å². The number of nitrogens with zero attached hydrogens (tertiary/aromatic N) is 1. The summed E-state index contributed by atoms with van der Waals surface area (Å²) in [5.41, 5.74) is 6.40. The number of aryl methyl sites for hydroxylation is 1. The minimum Gasteiger partial charge on any atom is -0.304 e. The van der Waals surface area contributed by atoms with Crippen molar-refractivity contribution < 1.29 is 4.53 Å². The average Bonchev–Trinajstić information content (AvgIpc) is 2.25. The van der Waals surface area contributed by atoms with Gasteiger partial charge >= 0.3 is 0 Å². The molecule has 0 N–H and O–H groups in total. The SMILES string of the molecule is CCCCc1ccc([N]O[SiH](C)C)cc1. The predicted molar refractivity (Wildman–Crippen MR) is 66.8 cm³/mol. The molecule has 0 fully saturated rings. The molecule has 0 aliphatic heterocycles. The van der Waals surface area contributed by atoms with Gasteiger partial charge in [-0.2, -0.15) is 0 Å². The van der Waals surface area contributed by atoms with Gasteiger partial charge in [-0.05, 0) is 43.6 Å². The van der Waals surface area contributed by atoms with Gasteiger partial charge in [-0.1, -0.05) is 25.5 Å². The van der Waals surface area contributed by atoms with E-state index in [1.807, 2.05) is 12.1 Å². The van der Waals surface area contributed by atoms with Gasteiger partial charge in [-0.3, -0.25) is 0 Å².